The molecule has 102 valence electrons. The second-order valence-corrected chi connectivity index (χ2v) is 5.71. The van der Waals surface area contributed by atoms with Gasteiger partial charge in [-0.25, -0.2) is 9.37 Å². The van der Waals surface area contributed by atoms with Crippen molar-refractivity contribution in [3.8, 4) is 0 Å². The smallest absolute Gasteiger partial charge is 0.127 e. The number of nitrogens with zero attached hydrogens (tertiary/aromatic N) is 2. The van der Waals surface area contributed by atoms with Crippen molar-refractivity contribution in [1.29, 1.82) is 0 Å². The standard InChI is InChI=1S/C14H16ClFN2O/c1-9(15)14-17-12-6-11(16)2-3-13(12)18(14)7-10-4-5-19-8-10/h2-3,6,9-10H,4-5,7-8H2,1H3. The zero-order chi connectivity index (χ0) is 13.4. The van der Waals surface area contributed by atoms with Gasteiger partial charge in [-0.05, 0) is 25.5 Å². The van der Waals surface area contributed by atoms with Crippen LogP contribution in [0.1, 0.15) is 24.5 Å². The summed E-state index contributed by atoms with van der Waals surface area (Å²) in [5.41, 5.74) is 1.61. The van der Waals surface area contributed by atoms with E-state index in [0.717, 1.165) is 37.5 Å². The molecule has 2 heterocycles. The molecule has 2 atom stereocenters. The minimum atomic E-state index is -0.268. The Morgan fingerprint density at radius 3 is 3.11 bits per heavy atom. The third kappa shape index (κ3) is 2.47. The summed E-state index contributed by atoms with van der Waals surface area (Å²) < 4.78 is 20.8. The molecule has 3 nitrogen and oxygen atoms in total. The fourth-order valence-corrected chi connectivity index (χ4v) is 2.77. The van der Waals surface area contributed by atoms with Gasteiger partial charge in [0.15, 0.2) is 0 Å². The van der Waals surface area contributed by atoms with E-state index in [2.05, 4.69) is 9.55 Å². The minimum absolute atomic E-state index is 0.196. The summed E-state index contributed by atoms with van der Waals surface area (Å²) in [6.45, 7) is 4.31. The van der Waals surface area contributed by atoms with Gasteiger partial charge in [-0.1, -0.05) is 0 Å². The molecular formula is C14H16ClFN2O. The zero-order valence-corrected chi connectivity index (χ0v) is 11.5. The SMILES string of the molecule is CC(Cl)c1nc2cc(F)ccc2n1CC1CCOC1. The Hall–Kier alpha value is -1.13. The molecule has 1 aromatic carbocycles. The number of hydrogen-bond donors (Lipinski definition) is 0. The summed E-state index contributed by atoms with van der Waals surface area (Å²) in [7, 11) is 0. The molecule has 0 spiro atoms. The van der Waals surface area contributed by atoms with Crippen molar-refractivity contribution in [2.24, 2.45) is 5.92 Å². The Morgan fingerprint density at radius 2 is 2.42 bits per heavy atom. The fourth-order valence-electron chi connectivity index (χ4n) is 2.60. The van der Waals surface area contributed by atoms with Crippen molar-refractivity contribution in [2.45, 2.75) is 25.3 Å². The number of aromatic nitrogens is 2. The average Bonchev–Trinajstić information content (AvgIpc) is 2.97. The van der Waals surface area contributed by atoms with E-state index in [1.165, 1.54) is 12.1 Å². The molecule has 1 aliphatic rings. The van der Waals surface area contributed by atoms with Crippen LogP contribution in [-0.4, -0.2) is 22.8 Å². The molecule has 1 aliphatic heterocycles. The lowest BCUT2D eigenvalue weighted by Crippen LogP contribution is -2.13. The Bertz CT molecular complexity index is 590. The Morgan fingerprint density at radius 1 is 1.58 bits per heavy atom. The number of rotatable bonds is 3. The second kappa shape index (κ2) is 5.10. The number of benzene rings is 1. The van der Waals surface area contributed by atoms with Crippen molar-refractivity contribution in [1.82, 2.24) is 9.55 Å². The molecule has 0 radical (unpaired) electrons. The van der Waals surface area contributed by atoms with Gasteiger partial charge in [-0.3, -0.25) is 0 Å². The van der Waals surface area contributed by atoms with Crippen LogP contribution in [0.25, 0.3) is 11.0 Å². The summed E-state index contributed by atoms with van der Waals surface area (Å²) in [6.07, 6.45) is 1.05. The number of imidazole rings is 1. The highest BCUT2D eigenvalue weighted by Crippen LogP contribution is 2.27. The van der Waals surface area contributed by atoms with Crippen LogP contribution in [0.3, 0.4) is 0 Å². The van der Waals surface area contributed by atoms with E-state index in [0.29, 0.717) is 11.4 Å². The van der Waals surface area contributed by atoms with Crippen LogP contribution in [0.4, 0.5) is 4.39 Å². The summed E-state index contributed by atoms with van der Waals surface area (Å²) in [5.74, 6) is 1.01. The largest absolute Gasteiger partial charge is 0.381 e. The zero-order valence-electron chi connectivity index (χ0n) is 10.8. The van der Waals surface area contributed by atoms with Crippen LogP contribution in [0, 0.1) is 11.7 Å². The number of hydrogen-bond acceptors (Lipinski definition) is 2. The first-order chi connectivity index (χ1) is 9.15. The molecule has 1 aromatic heterocycles. The van der Waals surface area contributed by atoms with Crippen molar-refractivity contribution < 1.29 is 9.13 Å². The van der Waals surface area contributed by atoms with Gasteiger partial charge in [0.1, 0.15) is 11.6 Å². The summed E-state index contributed by atoms with van der Waals surface area (Å²) in [4.78, 5) is 4.47. The summed E-state index contributed by atoms with van der Waals surface area (Å²) in [6, 6.07) is 4.70. The van der Waals surface area contributed by atoms with Gasteiger partial charge in [-0.2, -0.15) is 0 Å². The maximum absolute atomic E-state index is 13.3. The predicted molar refractivity (Wildman–Crippen MR) is 72.9 cm³/mol. The molecule has 0 aliphatic carbocycles. The van der Waals surface area contributed by atoms with Gasteiger partial charge < -0.3 is 9.30 Å². The molecule has 19 heavy (non-hydrogen) atoms. The lowest BCUT2D eigenvalue weighted by molar-refractivity contribution is 0.182. The summed E-state index contributed by atoms with van der Waals surface area (Å²) in [5, 5.41) is -0.196. The van der Waals surface area contributed by atoms with Crippen LogP contribution in [0.2, 0.25) is 0 Å². The summed E-state index contributed by atoms with van der Waals surface area (Å²) >= 11 is 6.20. The predicted octanol–water partition coefficient (Wildman–Crippen LogP) is 3.51. The van der Waals surface area contributed by atoms with Gasteiger partial charge in [0.25, 0.3) is 0 Å². The van der Waals surface area contributed by atoms with Gasteiger partial charge >= 0.3 is 0 Å². The third-order valence-corrected chi connectivity index (χ3v) is 3.76. The quantitative estimate of drug-likeness (QED) is 0.806. The highest BCUT2D eigenvalue weighted by molar-refractivity contribution is 6.20. The van der Waals surface area contributed by atoms with E-state index in [9.17, 15) is 4.39 Å². The molecule has 5 heteroatoms. The van der Waals surface area contributed by atoms with Crippen LogP contribution in [0.15, 0.2) is 18.2 Å². The van der Waals surface area contributed by atoms with Crippen LogP contribution >= 0.6 is 11.6 Å². The number of ether oxygens (including phenoxy) is 1. The van der Waals surface area contributed by atoms with Crippen molar-refractivity contribution in [2.75, 3.05) is 13.2 Å². The first kappa shape index (κ1) is 12.9. The van der Waals surface area contributed by atoms with Crippen LogP contribution < -0.4 is 0 Å². The van der Waals surface area contributed by atoms with Gasteiger partial charge in [0, 0.05) is 25.1 Å². The lowest BCUT2D eigenvalue weighted by atomic mass is 10.1. The van der Waals surface area contributed by atoms with E-state index >= 15 is 0 Å². The minimum Gasteiger partial charge on any atom is -0.381 e. The normalized spacial score (nSPS) is 21.1. The van der Waals surface area contributed by atoms with Crippen LogP contribution in [-0.2, 0) is 11.3 Å². The molecule has 0 N–H and O–H groups in total. The van der Waals surface area contributed by atoms with Crippen molar-refractivity contribution in [3.05, 3.63) is 29.8 Å². The maximum atomic E-state index is 13.3. The van der Waals surface area contributed by atoms with Gasteiger partial charge in [-0.15, -0.1) is 11.6 Å². The monoisotopic (exact) mass is 282 g/mol. The fraction of sp³-hybridized carbons (Fsp3) is 0.500. The topological polar surface area (TPSA) is 27.1 Å². The second-order valence-electron chi connectivity index (χ2n) is 5.06. The van der Waals surface area contributed by atoms with Gasteiger partial charge in [0.2, 0.25) is 0 Å². The average molecular weight is 283 g/mol. The van der Waals surface area contributed by atoms with E-state index in [1.54, 1.807) is 6.07 Å². The molecule has 0 saturated carbocycles. The molecule has 1 saturated heterocycles. The molecule has 1 fully saturated rings. The lowest BCUT2D eigenvalue weighted by Gasteiger charge is -2.14. The molecule has 0 bridgehead atoms. The molecular weight excluding hydrogens is 267 g/mol. The van der Waals surface area contributed by atoms with E-state index in [1.807, 2.05) is 6.92 Å². The van der Waals surface area contributed by atoms with E-state index < -0.39 is 0 Å². The number of fused-ring (bicyclic) bond motifs is 1. The Labute approximate surface area is 116 Å². The molecule has 3 rings (SSSR count). The van der Waals surface area contributed by atoms with Crippen LogP contribution in [0.5, 0.6) is 0 Å². The number of alkyl halides is 1. The van der Waals surface area contributed by atoms with E-state index in [-0.39, 0.29) is 11.2 Å². The highest BCUT2D eigenvalue weighted by atomic mass is 35.5. The van der Waals surface area contributed by atoms with Crippen molar-refractivity contribution in [3.63, 3.8) is 0 Å². The molecule has 2 unspecified atom stereocenters. The van der Waals surface area contributed by atoms with E-state index in [4.69, 9.17) is 16.3 Å². The third-order valence-electron chi connectivity index (χ3n) is 3.56. The number of halogens is 2. The Balaban J connectivity index is 2.05. The first-order valence-electron chi connectivity index (χ1n) is 6.52. The molecule has 0 amide bonds. The molecule has 2 aromatic rings. The first-order valence-corrected chi connectivity index (χ1v) is 6.96. The highest BCUT2D eigenvalue weighted by Gasteiger charge is 2.21. The Kier molecular flexibility index (Phi) is 3.46. The maximum Gasteiger partial charge on any atom is 0.127 e. The van der Waals surface area contributed by atoms with Gasteiger partial charge in [0.05, 0.1) is 23.0 Å². The van der Waals surface area contributed by atoms with Crippen molar-refractivity contribution >= 4 is 22.6 Å².